The molecule has 0 spiro atoms. The second-order valence-electron chi connectivity index (χ2n) is 8.53. The molecular formula is C26H28N4O2S. The number of thiophene rings is 1. The molecule has 7 heteroatoms. The van der Waals surface area contributed by atoms with E-state index in [1.54, 1.807) is 7.11 Å². The number of hydrogen-bond donors (Lipinski definition) is 0. The molecule has 2 aromatic carbocycles. The highest BCUT2D eigenvalue weighted by Gasteiger charge is 2.26. The van der Waals surface area contributed by atoms with Crippen molar-refractivity contribution in [1.29, 1.82) is 0 Å². The molecule has 0 aliphatic carbocycles. The number of anilines is 1. The first-order chi connectivity index (χ1) is 16.0. The minimum atomic E-state index is 0.105. The predicted octanol–water partition coefficient (Wildman–Crippen LogP) is 4.89. The fourth-order valence-electron chi connectivity index (χ4n) is 4.51. The molecule has 6 nitrogen and oxygen atoms in total. The summed E-state index contributed by atoms with van der Waals surface area (Å²) in [5, 5.41) is 5.71. The Labute approximate surface area is 198 Å². The van der Waals surface area contributed by atoms with Crippen molar-refractivity contribution in [2.24, 2.45) is 7.05 Å². The lowest BCUT2D eigenvalue weighted by Gasteiger charge is -2.36. The molecule has 0 N–H and O–H groups in total. The Morgan fingerprint density at radius 1 is 1.03 bits per heavy atom. The van der Waals surface area contributed by atoms with Crippen LogP contribution in [0, 0.1) is 13.8 Å². The molecule has 170 valence electrons. The number of fused-ring (bicyclic) bond motifs is 1. The zero-order valence-corrected chi connectivity index (χ0v) is 20.3. The maximum Gasteiger partial charge on any atom is 0.264 e. The minimum absolute atomic E-state index is 0.105. The van der Waals surface area contributed by atoms with Gasteiger partial charge in [0.05, 0.1) is 12.0 Å². The van der Waals surface area contributed by atoms with Crippen molar-refractivity contribution >= 4 is 33.1 Å². The van der Waals surface area contributed by atoms with Gasteiger partial charge in [0.2, 0.25) is 0 Å². The molecule has 0 radical (unpaired) electrons. The quantitative estimate of drug-likeness (QED) is 0.435. The standard InChI is InChI=1S/C26H28N4O2S/c1-17-7-5-10-22(18(17)2)29-11-13-30(14-12-29)25(31)23-16-21-24(27-28(3)26(21)33-23)19-8-6-9-20(15-19)32-4/h5-10,15-16H,11-14H2,1-4H3. The Kier molecular flexibility index (Phi) is 5.58. The molecule has 0 unspecified atom stereocenters. The Morgan fingerprint density at radius 3 is 2.55 bits per heavy atom. The number of aromatic nitrogens is 2. The van der Waals surface area contributed by atoms with Gasteiger partial charge in [0.15, 0.2) is 0 Å². The van der Waals surface area contributed by atoms with Gasteiger partial charge in [-0.2, -0.15) is 5.10 Å². The van der Waals surface area contributed by atoms with Crippen LogP contribution >= 0.6 is 11.3 Å². The average molecular weight is 461 g/mol. The van der Waals surface area contributed by atoms with E-state index in [1.807, 2.05) is 47.0 Å². The molecule has 4 aromatic rings. The lowest BCUT2D eigenvalue weighted by molar-refractivity contribution is 0.0751. The van der Waals surface area contributed by atoms with E-state index in [-0.39, 0.29) is 5.91 Å². The molecule has 1 aliphatic rings. The van der Waals surface area contributed by atoms with E-state index in [9.17, 15) is 4.79 Å². The van der Waals surface area contributed by atoms with Gasteiger partial charge in [-0.1, -0.05) is 24.3 Å². The molecule has 1 amide bonds. The summed E-state index contributed by atoms with van der Waals surface area (Å²) in [6.45, 7) is 7.46. The van der Waals surface area contributed by atoms with E-state index in [1.165, 1.54) is 28.2 Å². The Balaban J connectivity index is 1.37. The van der Waals surface area contributed by atoms with Crippen LogP contribution in [0.25, 0.3) is 21.5 Å². The number of ether oxygens (including phenoxy) is 1. The maximum atomic E-state index is 13.4. The van der Waals surface area contributed by atoms with Crippen molar-refractivity contribution < 1.29 is 9.53 Å². The second kappa shape index (κ2) is 8.56. The molecule has 1 aliphatic heterocycles. The first-order valence-corrected chi connectivity index (χ1v) is 12.0. The summed E-state index contributed by atoms with van der Waals surface area (Å²) in [6, 6.07) is 16.3. The van der Waals surface area contributed by atoms with Crippen molar-refractivity contribution in [1.82, 2.24) is 14.7 Å². The Hall–Kier alpha value is -3.32. The minimum Gasteiger partial charge on any atom is -0.497 e. The van der Waals surface area contributed by atoms with Gasteiger partial charge in [0, 0.05) is 49.9 Å². The molecular weight excluding hydrogens is 432 g/mol. The van der Waals surface area contributed by atoms with E-state index < -0.39 is 0 Å². The second-order valence-corrected chi connectivity index (χ2v) is 9.56. The van der Waals surface area contributed by atoms with Crippen LogP contribution in [0.2, 0.25) is 0 Å². The zero-order valence-electron chi connectivity index (χ0n) is 19.5. The number of rotatable bonds is 4. The van der Waals surface area contributed by atoms with Crippen molar-refractivity contribution in [2.75, 3.05) is 38.2 Å². The van der Waals surface area contributed by atoms with E-state index in [0.717, 1.165) is 58.3 Å². The van der Waals surface area contributed by atoms with Crippen LogP contribution in [-0.2, 0) is 7.05 Å². The van der Waals surface area contributed by atoms with Crippen LogP contribution in [0.5, 0.6) is 5.75 Å². The number of aryl methyl sites for hydroxylation is 2. The fourth-order valence-corrected chi connectivity index (χ4v) is 5.55. The lowest BCUT2D eigenvalue weighted by atomic mass is 10.1. The maximum absolute atomic E-state index is 13.4. The van der Waals surface area contributed by atoms with Crippen molar-refractivity contribution in [2.45, 2.75) is 13.8 Å². The number of carbonyl (C=O) groups excluding carboxylic acids is 1. The van der Waals surface area contributed by atoms with E-state index in [0.29, 0.717) is 0 Å². The van der Waals surface area contributed by atoms with Crippen LogP contribution < -0.4 is 9.64 Å². The lowest BCUT2D eigenvalue weighted by Crippen LogP contribution is -2.48. The third-order valence-corrected chi connectivity index (χ3v) is 7.74. The number of amides is 1. The van der Waals surface area contributed by atoms with Gasteiger partial charge >= 0.3 is 0 Å². The van der Waals surface area contributed by atoms with Crippen LogP contribution in [0.3, 0.4) is 0 Å². The smallest absolute Gasteiger partial charge is 0.264 e. The van der Waals surface area contributed by atoms with Gasteiger partial charge < -0.3 is 14.5 Å². The number of methoxy groups -OCH3 is 1. The van der Waals surface area contributed by atoms with Crippen LogP contribution in [0.4, 0.5) is 5.69 Å². The highest BCUT2D eigenvalue weighted by molar-refractivity contribution is 7.20. The van der Waals surface area contributed by atoms with E-state index in [4.69, 9.17) is 9.84 Å². The normalized spacial score (nSPS) is 14.2. The largest absolute Gasteiger partial charge is 0.497 e. The summed E-state index contributed by atoms with van der Waals surface area (Å²) in [5.74, 6) is 0.896. The number of carbonyl (C=O) groups is 1. The Morgan fingerprint density at radius 2 is 1.79 bits per heavy atom. The average Bonchev–Trinajstić information content (AvgIpc) is 3.41. The van der Waals surface area contributed by atoms with Crippen molar-refractivity contribution in [3.63, 3.8) is 0 Å². The van der Waals surface area contributed by atoms with Gasteiger partial charge in [-0.25, -0.2) is 0 Å². The molecule has 0 bridgehead atoms. The predicted molar refractivity (Wildman–Crippen MR) is 135 cm³/mol. The first kappa shape index (κ1) is 21.5. The van der Waals surface area contributed by atoms with Gasteiger partial charge in [-0.3, -0.25) is 9.48 Å². The van der Waals surface area contributed by atoms with Crippen LogP contribution in [0.1, 0.15) is 20.8 Å². The molecule has 1 fully saturated rings. The number of piperazine rings is 1. The van der Waals surface area contributed by atoms with Crippen LogP contribution in [0.15, 0.2) is 48.5 Å². The molecule has 3 heterocycles. The van der Waals surface area contributed by atoms with Crippen molar-refractivity contribution in [3.8, 4) is 17.0 Å². The molecule has 1 saturated heterocycles. The molecule has 0 saturated carbocycles. The van der Waals surface area contributed by atoms with Gasteiger partial charge in [-0.05, 0) is 49.2 Å². The van der Waals surface area contributed by atoms with Crippen molar-refractivity contribution in [3.05, 3.63) is 64.5 Å². The SMILES string of the molecule is COc1cccc(-c2nn(C)c3sc(C(=O)N4CCN(c5cccc(C)c5C)CC4)cc23)c1. The summed E-state index contributed by atoms with van der Waals surface area (Å²) < 4.78 is 7.24. The van der Waals surface area contributed by atoms with E-state index >= 15 is 0 Å². The van der Waals surface area contributed by atoms with Crippen LogP contribution in [-0.4, -0.2) is 53.9 Å². The third-order valence-electron chi connectivity index (χ3n) is 6.55. The topological polar surface area (TPSA) is 50.6 Å². The number of hydrogen-bond acceptors (Lipinski definition) is 5. The summed E-state index contributed by atoms with van der Waals surface area (Å²) >= 11 is 1.52. The summed E-state index contributed by atoms with van der Waals surface area (Å²) in [4.78, 5) is 19.5. The van der Waals surface area contributed by atoms with E-state index in [2.05, 4.69) is 36.9 Å². The molecule has 5 rings (SSSR count). The Bertz CT molecular complexity index is 1330. The summed E-state index contributed by atoms with van der Waals surface area (Å²) in [6.07, 6.45) is 0. The van der Waals surface area contributed by atoms with Gasteiger partial charge in [-0.15, -0.1) is 11.3 Å². The van der Waals surface area contributed by atoms with Gasteiger partial charge in [0.1, 0.15) is 16.3 Å². The summed E-state index contributed by atoms with van der Waals surface area (Å²) in [7, 11) is 3.59. The molecule has 33 heavy (non-hydrogen) atoms. The highest BCUT2D eigenvalue weighted by atomic mass is 32.1. The third kappa shape index (κ3) is 3.86. The fraction of sp³-hybridized carbons (Fsp3) is 0.308. The first-order valence-electron chi connectivity index (χ1n) is 11.2. The number of benzene rings is 2. The monoisotopic (exact) mass is 460 g/mol. The van der Waals surface area contributed by atoms with Gasteiger partial charge in [0.25, 0.3) is 5.91 Å². The highest BCUT2D eigenvalue weighted by Crippen LogP contribution is 2.35. The summed E-state index contributed by atoms with van der Waals surface area (Å²) in [5.41, 5.74) is 5.76. The zero-order chi connectivity index (χ0) is 23.1. The number of nitrogens with zero attached hydrogens (tertiary/aromatic N) is 4. The molecule has 0 atom stereocenters. The molecule has 2 aromatic heterocycles.